The number of aliphatic hydroxyl groups excluding tert-OH is 1. The van der Waals surface area contributed by atoms with Crippen LogP contribution in [0.3, 0.4) is 0 Å². The van der Waals surface area contributed by atoms with Crippen LogP contribution in [0.25, 0.3) is 0 Å². The zero-order chi connectivity index (χ0) is 11.1. The van der Waals surface area contributed by atoms with Gasteiger partial charge >= 0.3 is 0 Å². The molecule has 0 aliphatic heterocycles. The minimum Gasteiger partial charge on any atom is -0.395 e. The Labute approximate surface area is 89.3 Å². The maximum absolute atomic E-state index is 11.5. The van der Waals surface area contributed by atoms with Crippen LogP contribution in [0.15, 0.2) is 24.3 Å². The van der Waals surface area contributed by atoms with Crippen molar-refractivity contribution in [1.29, 1.82) is 0 Å². The van der Waals surface area contributed by atoms with Crippen LogP contribution in [0.4, 0.5) is 0 Å². The van der Waals surface area contributed by atoms with Gasteiger partial charge in [0, 0.05) is 18.7 Å². The number of amides is 1. The highest BCUT2D eigenvalue weighted by Gasteiger charge is 2.04. The lowest BCUT2D eigenvalue weighted by Gasteiger charge is -2.05. The molecular weight excluding hydrogens is 192 g/mol. The van der Waals surface area contributed by atoms with Crippen LogP contribution >= 0.6 is 0 Å². The molecule has 0 radical (unpaired) electrons. The largest absolute Gasteiger partial charge is 0.395 e. The normalized spacial score (nSPS) is 10.0. The highest BCUT2D eigenvalue weighted by Crippen LogP contribution is 2.04. The summed E-state index contributed by atoms with van der Waals surface area (Å²) in [6, 6.07) is 7.40. The molecule has 1 aromatic rings. The van der Waals surface area contributed by atoms with E-state index in [1.54, 1.807) is 6.07 Å². The second-order valence-corrected chi connectivity index (χ2v) is 3.21. The highest BCUT2D eigenvalue weighted by molar-refractivity contribution is 5.94. The van der Waals surface area contributed by atoms with Crippen molar-refractivity contribution in [2.75, 3.05) is 20.2 Å². The first-order chi connectivity index (χ1) is 7.27. The molecule has 0 atom stereocenters. The zero-order valence-corrected chi connectivity index (χ0v) is 8.79. The van der Waals surface area contributed by atoms with Crippen molar-refractivity contribution in [3.05, 3.63) is 35.4 Å². The van der Waals surface area contributed by atoms with Crippen LogP contribution in [0.5, 0.6) is 0 Å². The summed E-state index contributed by atoms with van der Waals surface area (Å²) in [5.41, 5.74) is 1.69. The average Bonchev–Trinajstić information content (AvgIpc) is 2.27. The van der Waals surface area contributed by atoms with E-state index in [9.17, 15) is 4.79 Å². The molecule has 1 aromatic carbocycles. The van der Waals surface area contributed by atoms with E-state index in [1.165, 1.54) is 0 Å². The number of benzene rings is 1. The van der Waals surface area contributed by atoms with E-state index in [0.29, 0.717) is 5.56 Å². The number of carbonyl (C=O) groups is 1. The summed E-state index contributed by atoms with van der Waals surface area (Å²) in [4.78, 5) is 11.5. The van der Waals surface area contributed by atoms with Crippen molar-refractivity contribution in [2.24, 2.45) is 0 Å². The molecule has 0 aliphatic carbocycles. The predicted molar refractivity (Wildman–Crippen MR) is 58.6 cm³/mol. The molecule has 0 spiro atoms. The number of aliphatic hydroxyl groups is 1. The molecular formula is C11H16N2O2. The van der Waals surface area contributed by atoms with Gasteiger partial charge in [-0.2, -0.15) is 0 Å². The van der Waals surface area contributed by atoms with Crippen molar-refractivity contribution in [3.8, 4) is 0 Å². The molecule has 0 aromatic heterocycles. The van der Waals surface area contributed by atoms with E-state index < -0.39 is 0 Å². The van der Waals surface area contributed by atoms with E-state index >= 15 is 0 Å². The topological polar surface area (TPSA) is 61.4 Å². The van der Waals surface area contributed by atoms with Gasteiger partial charge in [-0.15, -0.1) is 0 Å². The second kappa shape index (κ2) is 6.16. The molecule has 0 fully saturated rings. The van der Waals surface area contributed by atoms with Gasteiger partial charge in [-0.25, -0.2) is 0 Å². The third kappa shape index (κ3) is 3.69. The standard InChI is InChI=1S/C11H16N2O2/c1-12-8-9-3-2-4-10(7-9)11(15)13-5-6-14/h2-4,7,12,14H,5-6,8H2,1H3,(H,13,15). The van der Waals surface area contributed by atoms with Gasteiger partial charge in [0.1, 0.15) is 0 Å². The molecule has 0 aliphatic rings. The maximum Gasteiger partial charge on any atom is 0.251 e. The molecule has 1 rings (SSSR count). The van der Waals surface area contributed by atoms with Gasteiger partial charge in [0.05, 0.1) is 6.61 Å². The van der Waals surface area contributed by atoms with E-state index in [-0.39, 0.29) is 19.1 Å². The van der Waals surface area contributed by atoms with Gasteiger partial charge in [-0.05, 0) is 24.7 Å². The number of rotatable bonds is 5. The van der Waals surface area contributed by atoms with Gasteiger partial charge < -0.3 is 15.7 Å². The molecule has 3 N–H and O–H groups in total. The Bertz CT molecular complexity index is 326. The molecule has 0 saturated heterocycles. The van der Waals surface area contributed by atoms with Crippen molar-refractivity contribution in [2.45, 2.75) is 6.54 Å². The molecule has 0 saturated carbocycles. The highest BCUT2D eigenvalue weighted by atomic mass is 16.3. The lowest BCUT2D eigenvalue weighted by molar-refractivity contribution is 0.0944. The molecule has 1 amide bonds. The van der Waals surface area contributed by atoms with E-state index in [1.807, 2.05) is 25.2 Å². The number of hydrogen-bond donors (Lipinski definition) is 3. The minimum absolute atomic E-state index is 0.0397. The molecule has 4 heteroatoms. The van der Waals surface area contributed by atoms with Gasteiger partial charge in [0.25, 0.3) is 5.91 Å². The fraction of sp³-hybridized carbons (Fsp3) is 0.364. The molecule has 0 heterocycles. The Morgan fingerprint density at radius 3 is 2.93 bits per heavy atom. The summed E-state index contributed by atoms with van der Waals surface area (Å²) in [7, 11) is 1.86. The van der Waals surface area contributed by atoms with Crippen molar-refractivity contribution in [1.82, 2.24) is 10.6 Å². The van der Waals surface area contributed by atoms with Crippen molar-refractivity contribution >= 4 is 5.91 Å². The Morgan fingerprint density at radius 2 is 2.27 bits per heavy atom. The average molecular weight is 208 g/mol. The van der Waals surface area contributed by atoms with E-state index in [0.717, 1.165) is 12.1 Å². The van der Waals surface area contributed by atoms with E-state index in [4.69, 9.17) is 5.11 Å². The first kappa shape index (κ1) is 11.7. The Hall–Kier alpha value is -1.39. The molecule has 0 bridgehead atoms. The first-order valence-corrected chi connectivity index (χ1v) is 4.90. The van der Waals surface area contributed by atoms with Crippen LogP contribution in [0.2, 0.25) is 0 Å². The molecule has 15 heavy (non-hydrogen) atoms. The SMILES string of the molecule is CNCc1cccc(C(=O)NCCO)c1. The lowest BCUT2D eigenvalue weighted by Crippen LogP contribution is -2.26. The first-order valence-electron chi connectivity index (χ1n) is 4.90. The third-order valence-electron chi connectivity index (χ3n) is 1.97. The summed E-state index contributed by atoms with van der Waals surface area (Å²) >= 11 is 0. The molecule has 0 unspecified atom stereocenters. The summed E-state index contributed by atoms with van der Waals surface area (Å²) in [6.45, 7) is 0.984. The summed E-state index contributed by atoms with van der Waals surface area (Å²) < 4.78 is 0. The quantitative estimate of drug-likeness (QED) is 0.644. The monoisotopic (exact) mass is 208 g/mol. The van der Waals surface area contributed by atoms with Gasteiger partial charge in [0.2, 0.25) is 0 Å². The second-order valence-electron chi connectivity index (χ2n) is 3.21. The lowest BCUT2D eigenvalue weighted by atomic mass is 10.1. The van der Waals surface area contributed by atoms with Gasteiger partial charge in [-0.1, -0.05) is 12.1 Å². The molecule has 4 nitrogen and oxygen atoms in total. The number of hydrogen-bond acceptors (Lipinski definition) is 3. The third-order valence-corrected chi connectivity index (χ3v) is 1.97. The van der Waals surface area contributed by atoms with Gasteiger partial charge in [-0.3, -0.25) is 4.79 Å². The summed E-state index contributed by atoms with van der Waals surface area (Å²) in [6.07, 6.45) is 0. The maximum atomic E-state index is 11.5. The van der Waals surface area contributed by atoms with Crippen LogP contribution in [0, 0.1) is 0 Å². The van der Waals surface area contributed by atoms with Gasteiger partial charge in [0.15, 0.2) is 0 Å². The number of nitrogens with one attached hydrogen (secondary N) is 2. The minimum atomic E-state index is -0.151. The fourth-order valence-electron chi connectivity index (χ4n) is 1.30. The fourth-order valence-corrected chi connectivity index (χ4v) is 1.30. The summed E-state index contributed by atoms with van der Waals surface area (Å²) in [5.74, 6) is -0.151. The Balaban J connectivity index is 2.67. The van der Waals surface area contributed by atoms with Crippen molar-refractivity contribution < 1.29 is 9.90 Å². The zero-order valence-electron chi connectivity index (χ0n) is 8.79. The van der Waals surface area contributed by atoms with E-state index in [2.05, 4.69) is 10.6 Å². The van der Waals surface area contributed by atoms with Crippen molar-refractivity contribution in [3.63, 3.8) is 0 Å². The smallest absolute Gasteiger partial charge is 0.251 e. The van der Waals surface area contributed by atoms with Crippen LogP contribution < -0.4 is 10.6 Å². The van der Waals surface area contributed by atoms with Crippen LogP contribution in [0.1, 0.15) is 15.9 Å². The number of carbonyl (C=O) groups excluding carboxylic acids is 1. The Kier molecular flexibility index (Phi) is 4.80. The molecule has 82 valence electrons. The van der Waals surface area contributed by atoms with Crippen LogP contribution in [-0.2, 0) is 6.54 Å². The summed E-state index contributed by atoms with van der Waals surface area (Å²) in [5, 5.41) is 14.2. The van der Waals surface area contributed by atoms with Crippen LogP contribution in [-0.4, -0.2) is 31.2 Å². The Morgan fingerprint density at radius 1 is 1.47 bits per heavy atom. The predicted octanol–water partition coefficient (Wildman–Crippen LogP) is 0.128.